The number of nitrogens with zero attached hydrogens (tertiary/aromatic N) is 1. The smallest absolute Gasteiger partial charge is 0.408 e. The standard InChI is InChI=1S/C16H18N2O6/c1-16(2,3)24-15(23)17-11(14(21)22)8-18-12(19)9-6-4-5-7-10(9)13(18)20/h4-7,11H,8H2,1-3H3,(H,17,23)(H,21,22). The quantitative estimate of drug-likeness (QED) is 0.802. The molecular formula is C16H18N2O6. The van der Waals surface area contributed by atoms with Crippen molar-refractivity contribution in [3.8, 4) is 0 Å². The molecule has 24 heavy (non-hydrogen) atoms. The fourth-order valence-corrected chi connectivity index (χ4v) is 2.22. The lowest BCUT2D eigenvalue weighted by atomic mass is 10.1. The largest absolute Gasteiger partial charge is 0.480 e. The first-order valence-corrected chi connectivity index (χ1v) is 7.27. The molecule has 128 valence electrons. The van der Waals surface area contributed by atoms with Gasteiger partial charge in [-0.1, -0.05) is 12.1 Å². The Kier molecular flexibility index (Phi) is 4.59. The Labute approximate surface area is 138 Å². The number of imide groups is 1. The number of hydrogen-bond donors (Lipinski definition) is 2. The minimum atomic E-state index is -1.47. The van der Waals surface area contributed by atoms with Crippen LogP contribution in [-0.2, 0) is 9.53 Å². The molecule has 0 aliphatic carbocycles. The first-order chi connectivity index (χ1) is 11.1. The molecule has 1 aromatic rings. The lowest BCUT2D eigenvalue weighted by Gasteiger charge is -2.24. The van der Waals surface area contributed by atoms with Gasteiger partial charge in [0.05, 0.1) is 17.7 Å². The number of carbonyl (C=O) groups excluding carboxylic acids is 3. The van der Waals surface area contributed by atoms with Gasteiger partial charge in [-0.2, -0.15) is 0 Å². The Hall–Kier alpha value is -2.90. The summed E-state index contributed by atoms with van der Waals surface area (Å²) in [7, 11) is 0. The Bertz CT molecular complexity index is 672. The fraction of sp³-hybridized carbons (Fsp3) is 0.375. The van der Waals surface area contributed by atoms with Crippen molar-refractivity contribution in [2.45, 2.75) is 32.4 Å². The maximum Gasteiger partial charge on any atom is 0.408 e. The Morgan fingerprint density at radius 3 is 2.08 bits per heavy atom. The molecule has 1 aromatic carbocycles. The van der Waals surface area contributed by atoms with Gasteiger partial charge >= 0.3 is 12.1 Å². The molecule has 1 aliphatic heterocycles. The second-order valence-electron chi connectivity index (χ2n) is 6.30. The van der Waals surface area contributed by atoms with Crippen LogP contribution in [0, 0.1) is 0 Å². The maximum absolute atomic E-state index is 12.2. The van der Waals surface area contributed by atoms with E-state index in [0.29, 0.717) is 0 Å². The van der Waals surface area contributed by atoms with E-state index in [1.54, 1.807) is 32.9 Å². The highest BCUT2D eigenvalue weighted by Crippen LogP contribution is 2.22. The summed E-state index contributed by atoms with van der Waals surface area (Å²) >= 11 is 0. The second-order valence-corrected chi connectivity index (χ2v) is 6.30. The van der Waals surface area contributed by atoms with Crippen molar-refractivity contribution in [2.75, 3.05) is 6.54 Å². The van der Waals surface area contributed by atoms with Crippen LogP contribution in [0.15, 0.2) is 24.3 Å². The molecule has 1 aliphatic rings. The van der Waals surface area contributed by atoms with Gasteiger partial charge in [0.1, 0.15) is 11.6 Å². The van der Waals surface area contributed by atoms with Crippen LogP contribution in [0.25, 0.3) is 0 Å². The first-order valence-electron chi connectivity index (χ1n) is 7.27. The number of ether oxygens (including phenoxy) is 1. The van der Waals surface area contributed by atoms with Gasteiger partial charge in [-0.3, -0.25) is 14.5 Å². The van der Waals surface area contributed by atoms with Gasteiger partial charge in [0.2, 0.25) is 0 Å². The number of carbonyl (C=O) groups is 4. The summed E-state index contributed by atoms with van der Waals surface area (Å²) in [5.41, 5.74) is -0.379. The van der Waals surface area contributed by atoms with E-state index in [0.717, 1.165) is 4.90 Å². The number of rotatable bonds is 4. The lowest BCUT2D eigenvalue weighted by molar-refractivity contribution is -0.139. The minimum Gasteiger partial charge on any atom is -0.480 e. The summed E-state index contributed by atoms with van der Waals surface area (Å²) in [6.45, 7) is 4.41. The van der Waals surface area contributed by atoms with E-state index >= 15 is 0 Å². The van der Waals surface area contributed by atoms with Gasteiger partial charge in [0.15, 0.2) is 0 Å². The van der Waals surface area contributed by atoms with Gasteiger partial charge in [-0.05, 0) is 32.9 Å². The molecule has 0 saturated heterocycles. The third-order valence-corrected chi connectivity index (χ3v) is 3.23. The van der Waals surface area contributed by atoms with Crippen molar-refractivity contribution in [2.24, 2.45) is 0 Å². The highest BCUT2D eigenvalue weighted by molar-refractivity contribution is 6.21. The molecule has 0 aromatic heterocycles. The van der Waals surface area contributed by atoms with Crippen LogP contribution in [-0.4, -0.2) is 52.1 Å². The number of carboxylic acid groups (broad SMARTS) is 1. The zero-order chi connectivity index (χ0) is 18.1. The van der Waals surface area contributed by atoms with Gasteiger partial charge in [-0.15, -0.1) is 0 Å². The Balaban J connectivity index is 2.12. The zero-order valence-corrected chi connectivity index (χ0v) is 13.5. The molecule has 8 heteroatoms. The zero-order valence-electron chi connectivity index (χ0n) is 13.5. The molecule has 2 rings (SSSR count). The van der Waals surface area contributed by atoms with Gasteiger partial charge in [0, 0.05) is 0 Å². The number of carboxylic acids is 1. The summed E-state index contributed by atoms with van der Waals surface area (Å²) in [5, 5.41) is 11.4. The normalized spacial score (nSPS) is 15.0. The number of aliphatic carboxylic acids is 1. The van der Waals surface area contributed by atoms with E-state index in [1.807, 2.05) is 0 Å². The topological polar surface area (TPSA) is 113 Å². The molecule has 1 heterocycles. The average Bonchev–Trinajstić information content (AvgIpc) is 2.70. The molecule has 0 saturated carbocycles. The van der Waals surface area contributed by atoms with Crippen LogP contribution in [0.5, 0.6) is 0 Å². The fourth-order valence-electron chi connectivity index (χ4n) is 2.22. The van der Waals surface area contributed by atoms with Crippen molar-refractivity contribution < 1.29 is 29.0 Å². The first kappa shape index (κ1) is 17.5. The van der Waals surface area contributed by atoms with Crippen LogP contribution >= 0.6 is 0 Å². The molecule has 0 spiro atoms. The van der Waals surface area contributed by atoms with Gasteiger partial charge in [-0.25, -0.2) is 9.59 Å². The molecule has 1 atom stereocenters. The summed E-state index contributed by atoms with van der Waals surface area (Å²) in [4.78, 5) is 48.4. The van der Waals surface area contributed by atoms with Crippen molar-refractivity contribution in [1.29, 1.82) is 0 Å². The average molecular weight is 334 g/mol. The molecule has 8 nitrogen and oxygen atoms in total. The van der Waals surface area contributed by atoms with E-state index in [1.165, 1.54) is 12.1 Å². The van der Waals surface area contributed by atoms with E-state index in [9.17, 15) is 24.3 Å². The lowest BCUT2D eigenvalue weighted by Crippen LogP contribution is -2.51. The number of fused-ring (bicyclic) bond motifs is 1. The van der Waals surface area contributed by atoms with Crippen LogP contribution in [0.4, 0.5) is 4.79 Å². The Morgan fingerprint density at radius 2 is 1.67 bits per heavy atom. The monoisotopic (exact) mass is 334 g/mol. The van der Waals surface area contributed by atoms with E-state index < -0.39 is 42.1 Å². The third kappa shape index (κ3) is 3.70. The predicted molar refractivity (Wildman–Crippen MR) is 82.6 cm³/mol. The number of benzene rings is 1. The van der Waals surface area contributed by atoms with Crippen molar-refractivity contribution >= 4 is 23.9 Å². The highest BCUT2D eigenvalue weighted by atomic mass is 16.6. The second kappa shape index (κ2) is 6.31. The number of hydrogen-bond acceptors (Lipinski definition) is 5. The van der Waals surface area contributed by atoms with Crippen LogP contribution in [0.1, 0.15) is 41.5 Å². The van der Waals surface area contributed by atoms with Crippen molar-refractivity contribution in [1.82, 2.24) is 10.2 Å². The van der Waals surface area contributed by atoms with Crippen LogP contribution in [0.3, 0.4) is 0 Å². The SMILES string of the molecule is CC(C)(C)OC(=O)NC(CN1C(=O)c2ccccc2C1=O)C(=O)O. The summed E-state index contributed by atoms with van der Waals surface area (Å²) < 4.78 is 5.00. The minimum absolute atomic E-state index is 0.212. The molecule has 1 unspecified atom stereocenters. The molecule has 2 N–H and O–H groups in total. The highest BCUT2D eigenvalue weighted by Gasteiger charge is 2.38. The number of nitrogens with one attached hydrogen (secondary N) is 1. The molecule has 3 amide bonds. The molecule has 0 fully saturated rings. The van der Waals surface area contributed by atoms with Crippen molar-refractivity contribution in [3.05, 3.63) is 35.4 Å². The van der Waals surface area contributed by atoms with Crippen molar-refractivity contribution in [3.63, 3.8) is 0 Å². The van der Waals surface area contributed by atoms with E-state index in [2.05, 4.69) is 5.32 Å². The van der Waals surface area contributed by atoms with E-state index in [-0.39, 0.29) is 11.1 Å². The van der Waals surface area contributed by atoms with Gasteiger partial charge < -0.3 is 15.2 Å². The molecular weight excluding hydrogens is 316 g/mol. The number of amides is 3. The maximum atomic E-state index is 12.2. The Morgan fingerprint density at radius 1 is 1.17 bits per heavy atom. The summed E-state index contributed by atoms with van der Waals surface area (Å²) in [5.74, 6) is -2.56. The summed E-state index contributed by atoms with van der Waals surface area (Å²) in [6.07, 6.45) is -0.938. The van der Waals surface area contributed by atoms with Crippen LogP contribution < -0.4 is 5.32 Å². The predicted octanol–water partition coefficient (Wildman–Crippen LogP) is 1.26. The van der Waals surface area contributed by atoms with Crippen LogP contribution in [0.2, 0.25) is 0 Å². The number of alkyl carbamates (subject to hydrolysis) is 1. The molecule has 0 radical (unpaired) electrons. The molecule has 0 bridgehead atoms. The van der Waals surface area contributed by atoms with E-state index in [4.69, 9.17) is 4.74 Å². The summed E-state index contributed by atoms with van der Waals surface area (Å²) in [6, 6.07) is 4.74. The van der Waals surface area contributed by atoms with Gasteiger partial charge in [0.25, 0.3) is 11.8 Å². The third-order valence-electron chi connectivity index (χ3n) is 3.23.